The first-order valence-electron chi connectivity index (χ1n) is 23.9. The third-order valence-electron chi connectivity index (χ3n) is 13.4. The van der Waals surface area contributed by atoms with Crippen molar-refractivity contribution in [2.24, 2.45) is 0 Å². The summed E-state index contributed by atoms with van der Waals surface area (Å²) in [5.41, 5.74) is 2.84. The van der Waals surface area contributed by atoms with Crippen LogP contribution in [0, 0.1) is 0 Å². The second-order valence-electron chi connectivity index (χ2n) is 20.5. The molecular formula is C53H89NO3Si2. The molecule has 0 spiro atoms. The fourth-order valence-electron chi connectivity index (χ4n) is 7.78. The van der Waals surface area contributed by atoms with E-state index in [2.05, 4.69) is 177 Å². The number of nitrogens with zero attached hydrogens (tertiary/aromatic N) is 1. The molecule has 0 heterocycles. The van der Waals surface area contributed by atoms with Crippen LogP contribution in [0.4, 0.5) is 0 Å². The Hall–Kier alpha value is -2.07. The van der Waals surface area contributed by atoms with Crippen LogP contribution >= 0.6 is 0 Å². The maximum Gasteiger partial charge on any atom is 0.192 e. The molecule has 2 unspecified atom stereocenters. The molecule has 6 heteroatoms. The summed E-state index contributed by atoms with van der Waals surface area (Å²) < 4.78 is 21.8. The highest BCUT2D eigenvalue weighted by Crippen LogP contribution is 2.42. The summed E-state index contributed by atoms with van der Waals surface area (Å²) in [7, 11) is -3.89. The Morgan fingerprint density at radius 3 is 1.19 bits per heavy atom. The second kappa shape index (κ2) is 25.1. The molecule has 3 aromatic rings. The predicted octanol–water partition coefficient (Wildman–Crippen LogP) is 15.6. The van der Waals surface area contributed by atoms with Gasteiger partial charge in [0.25, 0.3) is 0 Å². The van der Waals surface area contributed by atoms with Gasteiger partial charge in [-0.15, -0.1) is 0 Å². The molecule has 0 aliphatic carbocycles. The number of hydrogen-bond donors (Lipinski definition) is 0. The number of hydrogen-bond acceptors (Lipinski definition) is 4. The molecule has 0 aliphatic rings. The molecule has 0 N–H and O–H groups in total. The van der Waals surface area contributed by atoms with Crippen LogP contribution < -0.4 is 0 Å². The van der Waals surface area contributed by atoms with E-state index in [9.17, 15) is 0 Å². The topological polar surface area (TPSA) is 30.9 Å². The lowest BCUT2D eigenvalue weighted by Crippen LogP contribution is -2.50. The van der Waals surface area contributed by atoms with Gasteiger partial charge in [-0.1, -0.05) is 211 Å². The molecule has 59 heavy (non-hydrogen) atoms. The van der Waals surface area contributed by atoms with Crippen LogP contribution in [-0.4, -0.2) is 60.0 Å². The van der Waals surface area contributed by atoms with Crippen molar-refractivity contribution in [1.82, 2.24) is 4.90 Å². The van der Waals surface area contributed by atoms with E-state index in [-0.39, 0.29) is 22.3 Å². The quantitative estimate of drug-likeness (QED) is 0.0396. The lowest BCUT2D eigenvalue weighted by molar-refractivity contribution is 0.0105. The normalized spacial score (nSPS) is 14.2. The number of benzene rings is 3. The van der Waals surface area contributed by atoms with Gasteiger partial charge >= 0.3 is 0 Å². The SMILES string of the molecule is CCCCCCC(CN(CCCCCCOC(c1ccccc1)(c1ccccc1)c1ccccc1)CC(CCCCCC)O[Si](C)(C)C(C)(C)C)O[Si](C)(C)C(C)(C)C. The number of ether oxygens (including phenoxy) is 1. The maximum absolute atomic E-state index is 7.31. The lowest BCUT2D eigenvalue weighted by atomic mass is 9.80. The third-order valence-corrected chi connectivity index (χ3v) is 22.5. The van der Waals surface area contributed by atoms with Gasteiger partial charge in [-0.2, -0.15) is 0 Å². The third kappa shape index (κ3) is 16.6. The summed E-state index contributed by atoms with van der Waals surface area (Å²) in [4.78, 5) is 2.77. The highest BCUT2D eigenvalue weighted by Gasteiger charge is 2.41. The molecule has 332 valence electrons. The highest BCUT2D eigenvalue weighted by molar-refractivity contribution is 6.74. The van der Waals surface area contributed by atoms with Gasteiger partial charge in [-0.05, 0) is 85.2 Å². The summed E-state index contributed by atoms with van der Waals surface area (Å²) in [6.07, 6.45) is 17.6. The van der Waals surface area contributed by atoms with E-state index in [0.717, 1.165) is 45.3 Å². The fourth-order valence-corrected chi connectivity index (χ4v) is 10.5. The van der Waals surface area contributed by atoms with Gasteiger partial charge in [-0.25, -0.2) is 0 Å². The van der Waals surface area contributed by atoms with Crippen LogP contribution in [0.3, 0.4) is 0 Å². The van der Waals surface area contributed by atoms with Gasteiger partial charge in [-0.3, -0.25) is 4.90 Å². The van der Waals surface area contributed by atoms with Crippen LogP contribution in [0.25, 0.3) is 0 Å². The van der Waals surface area contributed by atoms with E-state index < -0.39 is 22.2 Å². The molecule has 0 radical (unpaired) electrons. The van der Waals surface area contributed by atoms with Crippen LogP contribution in [0.2, 0.25) is 36.3 Å². The van der Waals surface area contributed by atoms with E-state index in [0.29, 0.717) is 6.61 Å². The molecule has 0 bridgehead atoms. The van der Waals surface area contributed by atoms with E-state index in [4.69, 9.17) is 13.6 Å². The molecule has 0 aliphatic heterocycles. The van der Waals surface area contributed by atoms with Crippen LogP contribution in [-0.2, 0) is 19.2 Å². The molecule has 0 saturated carbocycles. The lowest BCUT2D eigenvalue weighted by Gasteiger charge is -2.42. The van der Waals surface area contributed by atoms with Crippen molar-refractivity contribution in [3.05, 3.63) is 108 Å². The first-order chi connectivity index (χ1) is 28.0. The van der Waals surface area contributed by atoms with E-state index >= 15 is 0 Å². The monoisotopic (exact) mass is 844 g/mol. The van der Waals surface area contributed by atoms with Gasteiger partial charge in [0.2, 0.25) is 0 Å². The average Bonchev–Trinajstić information content (AvgIpc) is 3.19. The number of unbranched alkanes of at least 4 members (excludes halogenated alkanes) is 9. The Kier molecular flexibility index (Phi) is 21.9. The molecule has 0 aromatic heterocycles. The van der Waals surface area contributed by atoms with Crippen molar-refractivity contribution in [2.45, 2.75) is 199 Å². The molecule has 4 nitrogen and oxygen atoms in total. The summed E-state index contributed by atoms with van der Waals surface area (Å²) in [5, 5.41) is 0.377. The van der Waals surface area contributed by atoms with E-state index in [1.807, 2.05) is 0 Å². The first kappa shape index (κ1) is 51.3. The van der Waals surface area contributed by atoms with Crippen molar-refractivity contribution in [1.29, 1.82) is 0 Å². The number of rotatable bonds is 29. The Morgan fingerprint density at radius 1 is 0.475 bits per heavy atom. The van der Waals surface area contributed by atoms with Crippen molar-refractivity contribution in [3.8, 4) is 0 Å². The van der Waals surface area contributed by atoms with Crippen molar-refractivity contribution in [2.75, 3.05) is 26.2 Å². The molecule has 3 rings (SSSR count). The maximum atomic E-state index is 7.31. The Morgan fingerprint density at radius 2 is 0.831 bits per heavy atom. The summed E-state index contributed by atoms with van der Waals surface area (Å²) in [6, 6.07) is 32.3. The summed E-state index contributed by atoms with van der Waals surface area (Å²) >= 11 is 0. The van der Waals surface area contributed by atoms with Crippen molar-refractivity contribution in [3.63, 3.8) is 0 Å². The second-order valence-corrected chi connectivity index (χ2v) is 30.0. The zero-order valence-corrected chi connectivity index (χ0v) is 42.2. The molecule has 0 fully saturated rings. The van der Waals surface area contributed by atoms with Crippen LogP contribution in [0.5, 0.6) is 0 Å². The Balaban J connectivity index is 1.80. The first-order valence-corrected chi connectivity index (χ1v) is 29.7. The van der Waals surface area contributed by atoms with Crippen molar-refractivity contribution < 1.29 is 13.6 Å². The fraction of sp³-hybridized carbons (Fsp3) is 0.660. The molecule has 0 amide bonds. The minimum absolute atomic E-state index is 0.188. The average molecular weight is 844 g/mol. The molecular weight excluding hydrogens is 755 g/mol. The predicted molar refractivity (Wildman–Crippen MR) is 262 cm³/mol. The molecule has 0 saturated heterocycles. The smallest absolute Gasteiger partial charge is 0.192 e. The molecule has 3 aromatic carbocycles. The Labute approximate surface area is 366 Å². The zero-order chi connectivity index (χ0) is 43.4. The van der Waals surface area contributed by atoms with Crippen LogP contribution in [0.15, 0.2) is 91.0 Å². The largest absolute Gasteiger partial charge is 0.413 e. The Bertz CT molecular complexity index is 1370. The van der Waals surface area contributed by atoms with Crippen LogP contribution in [0.1, 0.15) is 162 Å². The van der Waals surface area contributed by atoms with Gasteiger partial charge < -0.3 is 13.6 Å². The molecule has 2 atom stereocenters. The minimum Gasteiger partial charge on any atom is -0.413 e. The van der Waals surface area contributed by atoms with Gasteiger partial charge in [0.1, 0.15) is 5.60 Å². The highest BCUT2D eigenvalue weighted by atomic mass is 28.4. The van der Waals surface area contributed by atoms with Crippen molar-refractivity contribution >= 4 is 16.6 Å². The zero-order valence-electron chi connectivity index (χ0n) is 40.2. The van der Waals surface area contributed by atoms with Gasteiger partial charge in [0, 0.05) is 19.7 Å². The van der Waals surface area contributed by atoms with E-state index in [1.165, 1.54) is 80.9 Å². The minimum atomic E-state index is -1.94. The van der Waals surface area contributed by atoms with E-state index in [1.54, 1.807) is 0 Å². The summed E-state index contributed by atoms with van der Waals surface area (Å²) in [6.45, 7) is 32.5. The van der Waals surface area contributed by atoms with Gasteiger partial charge in [0.15, 0.2) is 16.6 Å². The summed E-state index contributed by atoms with van der Waals surface area (Å²) in [5.74, 6) is 0. The standard InChI is InChI=1S/C53H89NO3Si2/c1-13-15-17-30-40-49(56-58(9,10)51(3,4)5)44-54(45-50(41-31-18-16-14-2)57-59(11,12)52(6,7)8)42-32-19-20-33-43-55-53(46-34-24-21-25-35-46,47-36-26-22-27-37-47)48-38-28-23-29-39-48/h21-29,34-39,49-50H,13-20,30-33,40-45H2,1-12H3. The van der Waals surface area contributed by atoms with Gasteiger partial charge in [0.05, 0.1) is 12.2 Å².